The minimum Gasteiger partial charge on any atom is -0.497 e. The van der Waals surface area contributed by atoms with Gasteiger partial charge in [0.05, 0.1) is 23.9 Å². The van der Waals surface area contributed by atoms with Crippen LogP contribution in [0.25, 0.3) is 0 Å². The molecule has 5 nitrogen and oxygen atoms in total. The van der Waals surface area contributed by atoms with Crippen molar-refractivity contribution in [3.05, 3.63) is 83.9 Å². The summed E-state index contributed by atoms with van der Waals surface area (Å²) in [5.74, 6) is 1.11. The number of anilines is 1. The lowest BCUT2D eigenvalue weighted by molar-refractivity contribution is 0.0926. The van der Waals surface area contributed by atoms with E-state index in [2.05, 4.69) is 0 Å². The standard InChI is InChI=1S/C21H15NO4/c1-25-15-9-7-14(8-10-15)22-20(23)18-12-11-17(13-19(18)21(22)24)26-16-5-3-2-4-6-16/h2-13H,1H3. The van der Waals surface area contributed by atoms with E-state index in [1.165, 1.54) is 0 Å². The molecular weight excluding hydrogens is 330 g/mol. The van der Waals surface area contributed by atoms with Gasteiger partial charge in [-0.15, -0.1) is 0 Å². The molecule has 0 fully saturated rings. The number of ether oxygens (including phenoxy) is 2. The summed E-state index contributed by atoms with van der Waals surface area (Å²) in [7, 11) is 1.56. The van der Waals surface area contributed by atoms with Gasteiger partial charge in [-0.3, -0.25) is 9.59 Å². The smallest absolute Gasteiger partial charge is 0.266 e. The van der Waals surface area contributed by atoms with E-state index in [0.717, 1.165) is 4.90 Å². The average Bonchev–Trinajstić information content (AvgIpc) is 2.93. The number of amides is 2. The largest absolute Gasteiger partial charge is 0.497 e. The van der Waals surface area contributed by atoms with E-state index in [4.69, 9.17) is 9.47 Å². The summed E-state index contributed by atoms with van der Waals surface area (Å²) in [6, 6.07) is 21.0. The molecule has 1 aliphatic heterocycles. The predicted octanol–water partition coefficient (Wildman–Crippen LogP) is 4.29. The zero-order valence-corrected chi connectivity index (χ0v) is 14.0. The highest BCUT2D eigenvalue weighted by molar-refractivity contribution is 6.34. The molecule has 1 aliphatic rings. The van der Waals surface area contributed by atoms with Gasteiger partial charge in [0.15, 0.2) is 0 Å². The van der Waals surface area contributed by atoms with Crippen molar-refractivity contribution in [1.82, 2.24) is 0 Å². The third-order valence-corrected chi connectivity index (χ3v) is 4.17. The maximum atomic E-state index is 12.8. The van der Waals surface area contributed by atoms with Gasteiger partial charge in [-0.2, -0.15) is 0 Å². The molecule has 0 unspecified atom stereocenters. The van der Waals surface area contributed by atoms with Crippen LogP contribution in [0.5, 0.6) is 17.2 Å². The van der Waals surface area contributed by atoms with E-state index in [0.29, 0.717) is 34.1 Å². The molecule has 3 aromatic rings. The fraction of sp³-hybridized carbons (Fsp3) is 0.0476. The van der Waals surface area contributed by atoms with Crippen molar-refractivity contribution in [2.24, 2.45) is 0 Å². The Hall–Kier alpha value is -3.60. The van der Waals surface area contributed by atoms with Crippen LogP contribution in [-0.2, 0) is 0 Å². The zero-order chi connectivity index (χ0) is 18.1. The van der Waals surface area contributed by atoms with Crippen LogP contribution < -0.4 is 14.4 Å². The second kappa shape index (κ2) is 6.37. The van der Waals surface area contributed by atoms with Crippen LogP contribution in [-0.4, -0.2) is 18.9 Å². The molecule has 0 spiro atoms. The van der Waals surface area contributed by atoms with E-state index in [-0.39, 0.29) is 11.8 Å². The summed E-state index contributed by atoms with van der Waals surface area (Å²) in [6.45, 7) is 0. The number of hydrogen-bond acceptors (Lipinski definition) is 4. The first-order chi connectivity index (χ1) is 12.7. The van der Waals surface area contributed by atoms with Gasteiger partial charge in [0, 0.05) is 0 Å². The highest BCUT2D eigenvalue weighted by atomic mass is 16.5. The van der Waals surface area contributed by atoms with Crippen molar-refractivity contribution in [3.63, 3.8) is 0 Å². The third-order valence-electron chi connectivity index (χ3n) is 4.17. The first-order valence-corrected chi connectivity index (χ1v) is 8.07. The summed E-state index contributed by atoms with van der Waals surface area (Å²) in [5, 5.41) is 0. The number of hydrogen-bond donors (Lipinski definition) is 0. The summed E-state index contributed by atoms with van der Waals surface area (Å²) < 4.78 is 10.9. The molecule has 3 aromatic carbocycles. The number of imide groups is 1. The summed E-state index contributed by atoms with van der Waals surface area (Å²) in [6.07, 6.45) is 0. The van der Waals surface area contributed by atoms with E-state index >= 15 is 0 Å². The number of benzene rings is 3. The number of para-hydroxylation sites is 1. The van der Waals surface area contributed by atoms with Gasteiger partial charge in [-0.25, -0.2) is 4.90 Å². The molecule has 2 amide bonds. The van der Waals surface area contributed by atoms with Crippen LogP contribution in [0.4, 0.5) is 5.69 Å². The Morgan fingerprint density at radius 1 is 0.692 bits per heavy atom. The molecule has 128 valence electrons. The predicted molar refractivity (Wildman–Crippen MR) is 97.1 cm³/mol. The Kier molecular flexibility index (Phi) is 3.89. The van der Waals surface area contributed by atoms with Crippen LogP contribution in [0, 0.1) is 0 Å². The Balaban J connectivity index is 1.65. The number of carbonyl (C=O) groups excluding carboxylic acids is 2. The number of nitrogens with zero attached hydrogens (tertiary/aromatic N) is 1. The van der Waals surface area contributed by atoms with Crippen molar-refractivity contribution in [2.45, 2.75) is 0 Å². The molecule has 1 heterocycles. The molecule has 5 heteroatoms. The van der Waals surface area contributed by atoms with Gasteiger partial charge in [-0.05, 0) is 54.6 Å². The molecule has 0 radical (unpaired) electrons. The van der Waals surface area contributed by atoms with Gasteiger partial charge in [0.1, 0.15) is 17.2 Å². The number of methoxy groups -OCH3 is 1. The second-order valence-corrected chi connectivity index (χ2v) is 5.77. The maximum Gasteiger partial charge on any atom is 0.266 e. The maximum absolute atomic E-state index is 12.8. The molecule has 0 bridgehead atoms. The van der Waals surface area contributed by atoms with Crippen LogP contribution in [0.3, 0.4) is 0 Å². The van der Waals surface area contributed by atoms with Crippen molar-refractivity contribution in [3.8, 4) is 17.2 Å². The molecule has 0 saturated heterocycles. The van der Waals surface area contributed by atoms with Crippen LogP contribution in [0.15, 0.2) is 72.8 Å². The van der Waals surface area contributed by atoms with E-state index < -0.39 is 0 Å². The molecule has 4 rings (SSSR count). The van der Waals surface area contributed by atoms with Crippen LogP contribution >= 0.6 is 0 Å². The lowest BCUT2D eigenvalue weighted by atomic mass is 10.1. The topological polar surface area (TPSA) is 55.8 Å². The Bertz CT molecular complexity index is 981. The molecule has 0 saturated carbocycles. The van der Waals surface area contributed by atoms with Gasteiger partial charge in [0.25, 0.3) is 11.8 Å². The fourth-order valence-electron chi connectivity index (χ4n) is 2.87. The number of fused-ring (bicyclic) bond motifs is 1. The second-order valence-electron chi connectivity index (χ2n) is 5.77. The molecule has 26 heavy (non-hydrogen) atoms. The Morgan fingerprint density at radius 2 is 1.35 bits per heavy atom. The van der Waals surface area contributed by atoms with E-state index in [1.807, 2.05) is 30.3 Å². The summed E-state index contributed by atoms with van der Waals surface area (Å²) in [4.78, 5) is 26.6. The van der Waals surface area contributed by atoms with Crippen LogP contribution in [0.1, 0.15) is 20.7 Å². The van der Waals surface area contributed by atoms with Gasteiger partial charge < -0.3 is 9.47 Å². The van der Waals surface area contributed by atoms with Crippen molar-refractivity contribution < 1.29 is 19.1 Å². The molecule has 0 aliphatic carbocycles. The van der Waals surface area contributed by atoms with Crippen molar-refractivity contribution >= 4 is 17.5 Å². The summed E-state index contributed by atoms with van der Waals surface area (Å²) in [5.41, 5.74) is 1.20. The molecule has 0 N–H and O–H groups in total. The Morgan fingerprint density at radius 3 is 2.04 bits per heavy atom. The minimum absolute atomic E-state index is 0.333. The highest BCUT2D eigenvalue weighted by Gasteiger charge is 2.37. The summed E-state index contributed by atoms with van der Waals surface area (Å²) >= 11 is 0. The number of carbonyl (C=O) groups is 2. The highest BCUT2D eigenvalue weighted by Crippen LogP contribution is 2.32. The van der Waals surface area contributed by atoms with Crippen molar-refractivity contribution in [1.29, 1.82) is 0 Å². The average molecular weight is 345 g/mol. The van der Waals surface area contributed by atoms with E-state index in [1.54, 1.807) is 49.6 Å². The monoisotopic (exact) mass is 345 g/mol. The first kappa shape index (κ1) is 15.9. The zero-order valence-electron chi connectivity index (χ0n) is 14.0. The van der Waals surface area contributed by atoms with Gasteiger partial charge in [0.2, 0.25) is 0 Å². The number of rotatable bonds is 4. The normalized spacial score (nSPS) is 12.9. The minimum atomic E-state index is -0.367. The Labute approximate surface area is 150 Å². The van der Waals surface area contributed by atoms with Gasteiger partial charge in [-0.1, -0.05) is 18.2 Å². The van der Waals surface area contributed by atoms with Crippen LogP contribution in [0.2, 0.25) is 0 Å². The first-order valence-electron chi connectivity index (χ1n) is 8.07. The van der Waals surface area contributed by atoms with E-state index in [9.17, 15) is 9.59 Å². The molecule has 0 aromatic heterocycles. The van der Waals surface area contributed by atoms with Crippen molar-refractivity contribution in [2.75, 3.05) is 12.0 Å². The van der Waals surface area contributed by atoms with Gasteiger partial charge >= 0.3 is 0 Å². The quantitative estimate of drug-likeness (QED) is 0.662. The fourth-order valence-corrected chi connectivity index (χ4v) is 2.87. The SMILES string of the molecule is COc1ccc(N2C(=O)c3ccc(Oc4ccccc4)cc3C2=O)cc1. The lowest BCUT2D eigenvalue weighted by Crippen LogP contribution is -2.29. The lowest BCUT2D eigenvalue weighted by Gasteiger charge is -2.14. The molecular formula is C21H15NO4. The molecule has 0 atom stereocenters. The third kappa shape index (κ3) is 2.69.